The number of carbonyl (C=O) groups excluding carboxylic acids is 1. The Kier molecular flexibility index (Phi) is 4.69. The smallest absolute Gasteiger partial charge is 0.306 e. The maximum absolute atomic E-state index is 12.1. The van der Waals surface area contributed by atoms with Crippen LogP contribution in [0.5, 0.6) is 11.5 Å². The maximum atomic E-state index is 12.1. The SMILES string of the molecule is CCOC(=O)C[C@@H](c1ccc2c(c1)OCO2)[C@H]1OC(C)(C)O[C@@H]1C. The van der Waals surface area contributed by atoms with E-state index in [0.29, 0.717) is 18.1 Å². The molecule has 3 rings (SSSR count). The number of hydrogen-bond acceptors (Lipinski definition) is 6. The van der Waals surface area contributed by atoms with E-state index in [1.54, 1.807) is 6.92 Å². The average Bonchev–Trinajstić information content (AvgIpc) is 3.07. The highest BCUT2D eigenvalue weighted by Crippen LogP contribution is 2.41. The number of rotatable bonds is 5. The fourth-order valence-corrected chi connectivity index (χ4v) is 3.34. The molecule has 0 radical (unpaired) electrons. The highest BCUT2D eigenvalue weighted by molar-refractivity contribution is 5.71. The van der Waals surface area contributed by atoms with Crippen molar-refractivity contribution in [2.24, 2.45) is 0 Å². The molecule has 2 heterocycles. The Labute approximate surface area is 142 Å². The summed E-state index contributed by atoms with van der Waals surface area (Å²) in [6.45, 7) is 8.09. The lowest BCUT2D eigenvalue weighted by Crippen LogP contribution is -2.30. The van der Waals surface area contributed by atoms with Gasteiger partial charge in [0.15, 0.2) is 17.3 Å². The minimum absolute atomic E-state index is 0.134. The van der Waals surface area contributed by atoms with Gasteiger partial charge in [-0.25, -0.2) is 0 Å². The topological polar surface area (TPSA) is 63.2 Å². The second kappa shape index (κ2) is 6.61. The summed E-state index contributed by atoms with van der Waals surface area (Å²) in [5, 5.41) is 0. The Hall–Kier alpha value is -1.79. The van der Waals surface area contributed by atoms with Crippen molar-refractivity contribution in [1.29, 1.82) is 0 Å². The molecule has 0 saturated carbocycles. The first-order valence-corrected chi connectivity index (χ1v) is 8.30. The van der Waals surface area contributed by atoms with Crippen LogP contribution in [0, 0.1) is 0 Å². The van der Waals surface area contributed by atoms with Gasteiger partial charge in [0.2, 0.25) is 6.79 Å². The number of esters is 1. The summed E-state index contributed by atoms with van der Waals surface area (Å²) in [6.07, 6.45) is -0.156. The van der Waals surface area contributed by atoms with Crippen LogP contribution in [0.15, 0.2) is 18.2 Å². The lowest BCUT2D eigenvalue weighted by atomic mass is 9.87. The molecule has 6 nitrogen and oxygen atoms in total. The van der Waals surface area contributed by atoms with E-state index in [4.69, 9.17) is 23.7 Å². The van der Waals surface area contributed by atoms with Crippen LogP contribution in [0.1, 0.15) is 45.6 Å². The van der Waals surface area contributed by atoms with Crippen LogP contribution < -0.4 is 9.47 Å². The van der Waals surface area contributed by atoms with E-state index in [1.807, 2.05) is 39.0 Å². The molecule has 1 fully saturated rings. The lowest BCUT2D eigenvalue weighted by Gasteiger charge is -2.25. The van der Waals surface area contributed by atoms with Crippen molar-refractivity contribution in [2.45, 2.75) is 58.0 Å². The van der Waals surface area contributed by atoms with E-state index in [2.05, 4.69) is 0 Å². The van der Waals surface area contributed by atoms with Gasteiger partial charge in [-0.15, -0.1) is 0 Å². The van der Waals surface area contributed by atoms with E-state index >= 15 is 0 Å². The number of benzene rings is 1. The van der Waals surface area contributed by atoms with Crippen LogP contribution in [0.2, 0.25) is 0 Å². The van der Waals surface area contributed by atoms with E-state index in [1.165, 1.54) is 0 Å². The summed E-state index contributed by atoms with van der Waals surface area (Å²) in [5.41, 5.74) is 0.949. The van der Waals surface area contributed by atoms with Crippen molar-refractivity contribution in [2.75, 3.05) is 13.4 Å². The number of hydrogen-bond donors (Lipinski definition) is 0. The summed E-state index contributed by atoms with van der Waals surface area (Å²) in [6, 6.07) is 5.72. The molecule has 1 aromatic carbocycles. The van der Waals surface area contributed by atoms with Crippen molar-refractivity contribution in [1.82, 2.24) is 0 Å². The normalized spacial score (nSPS) is 25.5. The number of ether oxygens (including phenoxy) is 5. The van der Waals surface area contributed by atoms with Crippen molar-refractivity contribution in [3.63, 3.8) is 0 Å². The molecule has 0 aliphatic carbocycles. The van der Waals surface area contributed by atoms with Crippen LogP contribution in [0.25, 0.3) is 0 Å². The average molecular weight is 336 g/mol. The third-order valence-electron chi connectivity index (χ3n) is 4.27. The van der Waals surface area contributed by atoms with Gasteiger partial charge in [-0.3, -0.25) is 4.79 Å². The zero-order chi connectivity index (χ0) is 17.3. The van der Waals surface area contributed by atoms with Crippen LogP contribution in [0.4, 0.5) is 0 Å². The first kappa shape index (κ1) is 17.0. The Morgan fingerprint density at radius 2 is 2.04 bits per heavy atom. The van der Waals surface area contributed by atoms with Gasteiger partial charge in [0, 0.05) is 5.92 Å². The molecule has 2 aliphatic heterocycles. The van der Waals surface area contributed by atoms with Gasteiger partial charge in [-0.1, -0.05) is 6.07 Å². The highest BCUT2D eigenvalue weighted by atomic mass is 16.8. The highest BCUT2D eigenvalue weighted by Gasteiger charge is 2.44. The summed E-state index contributed by atoms with van der Waals surface area (Å²) in [7, 11) is 0. The molecule has 0 unspecified atom stereocenters. The zero-order valence-corrected chi connectivity index (χ0v) is 14.5. The van der Waals surface area contributed by atoms with Crippen molar-refractivity contribution >= 4 is 5.97 Å². The zero-order valence-electron chi connectivity index (χ0n) is 14.5. The van der Waals surface area contributed by atoms with Crippen LogP contribution >= 0.6 is 0 Å². The monoisotopic (exact) mass is 336 g/mol. The van der Waals surface area contributed by atoms with Gasteiger partial charge in [0.1, 0.15) is 0 Å². The molecule has 24 heavy (non-hydrogen) atoms. The van der Waals surface area contributed by atoms with Gasteiger partial charge in [-0.05, 0) is 45.4 Å². The minimum atomic E-state index is -0.673. The first-order chi connectivity index (χ1) is 11.4. The minimum Gasteiger partial charge on any atom is -0.466 e. The molecular formula is C18H24O6. The van der Waals surface area contributed by atoms with E-state index < -0.39 is 5.79 Å². The Bertz CT molecular complexity index is 612. The van der Waals surface area contributed by atoms with Crippen molar-refractivity contribution in [3.8, 4) is 11.5 Å². The van der Waals surface area contributed by atoms with Gasteiger partial charge >= 0.3 is 5.97 Å². The van der Waals surface area contributed by atoms with Gasteiger partial charge < -0.3 is 23.7 Å². The predicted octanol–water partition coefficient (Wildman–Crippen LogP) is 2.99. The quantitative estimate of drug-likeness (QED) is 0.770. The molecule has 0 N–H and O–H groups in total. The van der Waals surface area contributed by atoms with Crippen molar-refractivity contribution < 1.29 is 28.5 Å². The standard InChI is InChI=1S/C18H24O6/c1-5-20-16(19)9-13(17-11(2)23-18(3,4)24-17)12-6-7-14-15(8-12)22-10-21-14/h6-8,11,13,17H,5,9-10H2,1-4H3/t11-,13+,17+/m1/s1. The van der Waals surface area contributed by atoms with E-state index in [9.17, 15) is 4.79 Å². The Morgan fingerprint density at radius 1 is 1.29 bits per heavy atom. The Morgan fingerprint density at radius 3 is 2.71 bits per heavy atom. The molecule has 0 bridgehead atoms. The summed E-state index contributed by atoms with van der Waals surface area (Å²) in [4.78, 5) is 12.1. The van der Waals surface area contributed by atoms with Crippen LogP contribution in [0.3, 0.4) is 0 Å². The molecule has 3 atom stereocenters. The van der Waals surface area contributed by atoms with Crippen LogP contribution in [-0.2, 0) is 19.0 Å². The molecular weight excluding hydrogens is 312 g/mol. The number of fused-ring (bicyclic) bond motifs is 1. The second-order valence-electron chi connectivity index (χ2n) is 6.53. The van der Waals surface area contributed by atoms with E-state index in [-0.39, 0.29) is 37.3 Å². The molecule has 0 aromatic heterocycles. The molecule has 1 aromatic rings. The van der Waals surface area contributed by atoms with Gasteiger partial charge in [0.25, 0.3) is 0 Å². The maximum Gasteiger partial charge on any atom is 0.306 e. The fraction of sp³-hybridized carbons (Fsp3) is 0.611. The molecule has 1 saturated heterocycles. The third kappa shape index (κ3) is 3.49. The van der Waals surface area contributed by atoms with Gasteiger partial charge in [0.05, 0.1) is 25.2 Å². The van der Waals surface area contributed by atoms with Crippen molar-refractivity contribution in [3.05, 3.63) is 23.8 Å². The predicted molar refractivity (Wildman–Crippen MR) is 86.1 cm³/mol. The fourth-order valence-electron chi connectivity index (χ4n) is 3.34. The molecule has 132 valence electrons. The number of carbonyl (C=O) groups is 1. The molecule has 0 amide bonds. The first-order valence-electron chi connectivity index (χ1n) is 8.30. The van der Waals surface area contributed by atoms with Crippen LogP contribution in [-0.4, -0.2) is 37.4 Å². The molecule has 2 aliphatic rings. The largest absolute Gasteiger partial charge is 0.466 e. The summed E-state index contributed by atoms with van der Waals surface area (Å²) < 4.78 is 27.9. The lowest BCUT2D eigenvalue weighted by molar-refractivity contribution is -0.152. The summed E-state index contributed by atoms with van der Waals surface area (Å²) in [5.74, 6) is 0.293. The van der Waals surface area contributed by atoms with Gasteiger partial charge in [-0.2, -0.15) is 0 Å². The van der Waals surface area contributed by atoms with E-state index in [0.717, 1.165) is 5.56 Å². The summed E-state index contributed by atoms with van der Waals surface area (Å²) >= 11 is 0. The second-order valence-corrected chi connectivity index (χ2v) is 6.53. The Balaban J connectivity index is 1.88. The molecule has 0 spiro atoms. The molecule has 6 heteroatoms. The third-order valence-corrected chi connectivity index (χ3v) is 4.27.